The number of fused-ring (bicyclic) bond motifs is 3. The average Bonchev–Trinajstić information content (AvgIpc) is 2.62. The molecule has 0 saturated heterocycles. The van der Waals surface area contributed by atoms with Gasteiger partial charge in [0.05, 0.1) is 17.4 Å². The van der Waals surface area contributed by atoms with Crippen molar-refractivity contribution in [3.8, 4) is 28.4 Å². The van der Waals surface area contributed by atoms with Gasteiger partial charge in [0.2, 0.25) is 6.29 Å². The van der Waals surface area contributed by atoms with Gasteiger partial charge in [-0.15, -0.1) is 0 Å². The molecular weight excluding hydrogens is 300 g/mol. The molecule has 1 atom stereocenters. The van der Waals surface area contributed by atoms with Crippen molar-refractivity contribution in [3.63, 3.8) is 0 Å². The fourth-order valence-electron chi connectivity index (χ4n) is 2.80. The summed E-state index contributed by atoms with van der Waals surface area (Å²) in [6.07, 6.45) is 1.37. The summed E-state index contributed by atoms with van der Waals surface area (Å²) in [6, 6.07) is 17.9. The van der Waals surface area contributed by atoms with Gasteiger partial charge in [0, 0.05) is 17.3 Å². The Morgan fingerprint density at radius 3 is 2.54 bits per heavy atom. The molecule has 120 valence electrons. The van der Waals surface area contributed by atoms with Crippen LogP contribution in [0.5, 0.6) is 5.75 Å². The smallest absolute Gasteiger partial charge is 0.230 e. The Bertz CT molecular complexity index is 863. The van der Waals surface area contributed by atoms with Gasteiger partial charge in [-0.25, -0.2) is 9.97 Å². The van der Waals surface area contributed by atoms with Crippen molar-refractivity contribution in [3.05, 3.63) is 66.4 Å². The first-order chi connectivity index (χ1) is 11.7. The van der Waals surface area contributed by atoms with Crippen molar-refractivity contribution in [2.75, 3.05) is 0 Å². The molecule has 0 amide bonds. The molecule has 1 aromatic heterocycles. The molecule has 0 radical (unpaired) electrons. The van der Waals surface area contributed by atoms with Crippen molar-refractivity contribution in [1.82, 2.24) is 9.97 Å². The van der Waals surface area contributed by atoms with Gasteiger partial charge in [-0.3, -0.25) is 0 Å². The minimum absolute atomic E-state index is 0.0434. The predicted molar refractivity (Wildman–Crippen MR) is 92.5 cm³/mol. The highest BCUT2D eigenvalue weighted by molar-refractivity contribution is 5.73. The third-order valence-electron chi connectivity index (χ3n) is 3.87. The van der Waals surface area contributed by atoms with Crippen LogP contribution in [0.25, 0.3) is 22.6 Å². The van der Waals surface area contributed by atoms with Gasteiger partial charge < -0.3 is 9.47 Å². The molecule has 0 spiro atoms. The van der Waals surface area contributed by atoms with E-state index in [1.165, 1.54) is 0 Å². The summed E-state index contributed by atoms with van der Waals surface area (Å²) in [6.45, 7) is 3.98. The van der Waals surface area contributed by atoms with E-state index in [-0.39, 0.29) is 6.10 Å². The van der Waals surface area contributed by atoms with Crippen molar-refractivity contribution >= 4 is 0 Å². The molecule has 0 saturated carbocycles. The van der Waals surface area contributed by atoms with Crippen LogP contribution < -0.4 is 4.74 Å². The Morgan fingerprint density at radius 1 is 1.00 bits per heavy atom. The summed E-state index contributed by atoms with van der Waals surface area (Å²) in [7, 11) is 0. The molecule has 1 aliphatic heterocycles. The van der Waals surface area contributed by atoms with Crippen LogP contribution >= 0.6 is 0 Å². The highest BCUT2D eigenvalue weighted by Crippen LogP contribution is 2.42. The van der Waals surface area contributed by atoms with E-state index < -0.39 is 6.29 Å². The van der Waals surface area contributed by atoms with Crippen molar-refractivity contribution in [1.29, 1.82) is 0 Å². The van der Waals surface area contributed by atoms with Crippen LogP contribution in [0, 0.1) is 0 Å². The van der Waals surface area contributed by atoms with Gasteiger partial charge >= 0.3 is 0 Å². The number of nitrogens with zero attached hydrogens (tertiary/aromatic N) is 2. The highest BCUT2D eigenvalue weighted by Gasteiger charge is 2.29. The standard InChI is InChI=1S/C20H18N2O2/c1-13(2)23-20-16-12-21-19(14-8-4-3-5-9-14)22-18(16)15-10-6-7-11-17(15)24-20/h3-13,20H,1-2H3. The maximum Gasteiger partial charge on any atom is 0.230 e. The van der Waals surface area contributed by atoms with E-state index in [4.69, 9.17) is 14.5 Å². The lowest BCUT2D eigenvalue weighted by Crippen LogP contribution is -2.21. The Hall–Kier alpha value is -2.72. The lowest BCUT2D eigenvalue weighted by Gasteiger charge is -2.29. The summed E-state index contributed by atoms with van der Waals surface area (Å²) in [5.74, 6) is 1.49. The van der Waals surface area contributed by atoms with Crippen LogP contribution in [0.4, 0.5) is 0 Å². The predicted octanol–water partition coefficient (Wildman–Crippen LogP) is 4.63. The minimum atomic E-state index is -0.486. The first-order valence-corrected chi connectivity index (χ1v) is 8.06. The molecule has 1 aliphatic rings. The van der Waals surface area contributed by atoms with Gasteiger partial charge in [0.15, 0.2) is 5.82 Å². The number of ether oxygens (including phenoxy) is 2. The van der Waals surface area contributed by atoms with E-state index in [2.05, 4.69) is 4.98 Å². The Labute approximate surface area is 141 Å². The van der Waals surface area contributed by atoms with E-state index in [1.807, 2.05) is 74.6 Å². The van der Waals surface area contributed by atoms with Crippen LogP contribution in [0.2, 0.25) is 0 Å². The van der Waals surface area contributed by atoms with Crippen molar-refractivity contribution < 1.29 is 9.47 Å². The van der Waals surface area contributed by atoms with Gasteiger partial charge in [0.25, 0.3) is 0 Å². The zero-order valence-electron chi connectivity index (χ0n) is 13.6. The normalized spacial score (nSPS) is 15.5. The fourth-order valence-corrected chi connectivity index (χ4v) is 2.80. The SMILES string of the molecule is CC(C)OC1Oc2ccccc2-c2nc(-c3ccccc3)ncc21. The van der Waals surface area contributed by atoms with E-state index in [9.17, 15) is 0 Å². The Balaban J connectivity index is 1.86. The molecule has 2 heterocycles. The number of rotatable bonds is 3. The van der Waals surface area contributed by atoms with Gasteiger partial charge in [-0.2, -0.15) is 0 Å². The molecule has 0 N–H and O–H groups in total. The average molecular weight is 318 g/mol. The number of para-hydroxylation sites is 1. The third-order valence-corrected chi connectivity index (χ3v) is 3.87. The number of aromatic nitrogens is 2. The Morgan fingerprint density at radius 2 is 1.75 bits per heavy atom. The monoisotopic (exact) mass is 318 g/mol. The number of hydrogen-bond donors (Lipinski definition) is 0. The molecular formula is C20H18N2O2. The largest absolute Gasteiger partial charge is 0.460 e. The summed E-state index contributed by atoms with van der Waals surface area (Å²) in [5, 5.41) is 0. The second-order valence-electron chi connectivity index (χ2n) is 5.99. The third kappa shape index (κ3) is 2.65. The molecule has 3 aromatic rings. The first kappa shape index (κ1) is 14.8. The summed E-state index contributed by atoms with van der Waals surface area (Å²) >= 11 is 0. The molecule has 24 heavy (non-hydrogen) atoms. The molecule has 0 bridgehead atoms. The quantitative estimate of drug-likeness (QED) is 0.706. The molecule has 4 rings (SSSR count). The lowest BCUT2D eigenvalue weighted by atomic mass is 10.0. The maximum atomic E-state index is 6.01. The van der Waals surface area contributed by atoms with Gasteiger partial charge in [0.1, 0.15) is 5.75 Å². The van der Waals surface area contributed by atoms with E-state index in [0.29, 0.717) is 5.82 Å². The zero-order chi connectivity index (χ0) is 16.5. The van der Waals surface area contributed by atoms with Crippen LogP contribution in [0.1, 0.15) is 25.7 Å². The summed E-state index contributed by atoms with van der Waals surface area (Å²) in [4.78, 5) is 9.33. The van der Waals surface area contributed by atoms with E-state index in [0.717, 1.165) is 28.1 Å². The molecule has 4 heteroatoms. The Kier molecular flexibility index (Phi) is 3.75. The van der Waals surface area contributed by atoms with Gasteiger partial charge in [-0.05, 0) is 26.0 Å². The number of hydrogen-bond acceptors (Lipinski definition) is 4. The molecule has 2 aromatic carbocycles. The van der Waals surface area contributed by atoms with E-state index in [1.54, 1.807) is 0 Å². The van der Waals surface area contributed by atoms with Crippen molar-refractivity contribution in [2.45, 2.75) is 26.2 Å². The topological polar surface area (TPSA) is 44.2 Å². The summed E-state index contributed by atoms with van der Waals surface area (Å²) in [5.41, 5.74) is 3.69. The minimum Gasteiger partial charge on any atom is -0.460 e. The number of benzene rings is 2. The summed E-state index contributed by atoms with van der Waals surface area (Å²) < 4.78 is 11.9. The molecule has 0 aliphatic carbocycles. The van der Waals surface area contributed by atoms with Crippen LogP contribution in [-0.4, -0.2) is 16.1 Å². The van der Waals surface area contributed by atoms with Crippen LogP contribution in [-0.2, 0) is 4.74 Å². The lowest BCUT2D eigenvalue weighted by molar-refractivity contribution is -0.113. The fraction of sp³-hybridized carbons (Fsp3) is 0.200. The second kappa shape index (κ2) is 6.06. The molecule has 1 unspecified atom stereocenters. The van der Waals surface area contributed by atoms with Crippen molar-refractivity contribution in [2.24, 2.45) is 0 Å². The maximum absolute atomic E-state index is 6.01. The van der Waals surface area contributed by atoms with E-state index >= 15 is 0 Å². The molecule has 4 nitrogen and oxygen atoms in total. The first-order valence-electron chi connectivity index (χ1n) is 8.06. The van der Waals surface area contributed by atoms with Gasteiger partial charge in [-0.1, -0.05) is 42.5 Å². The highest BCUT2D eigenvalue weighted by atomic mass is 16.7. The van der Waals surface area contributed by atoms with Crippen LogP contribution in [0.3, 0.4) is 0 Å². The van der Waals surface area contributed by atoms with Crippen LogP contribution in [0.15, 0.2) is 60.8 Å². The molecule has 0 fully saturated rings. The second-order valence-corrected chi connectivity index (χ2v) is 5.99. The zero-order valence-corrected chi connectivity index (χ0v) is 13.6.